The molecular formula is C13H16O2. The van der Waals surface area contributed by atoms with Gasteiger partial charge in [-0.15, -0.1) is 0 Å². The van der Waals surface area contributed by atoms with Crippen molar-refractivity contribution in [2.75, 3.05) is 6.61 Å². The van der Waals surface area contributed by atoms with Gasteiger partial charge in [-0.25, -0.2) is 0 Å². The lowest BCUT2D eigenvalue weighted by molar-refractivity contribution is -0.112. The van der Waals surface area contributed by atoms with Gasteiger partial charge in [0.2, 0.25) is 0 Å². The number of benzene rings is 1. The molecule has 0 saturated heterocycles. The molecule has 0 heterocycles. The third-order valence-corrected chi connectivity index (χ3v) is 1.86. The van der Waals surface area contributed by atoms with E-state index in [9.17, 15) is 4.79 Å². The molecule has 0 aliphatic rings. The van der Waals surface area contributed by atoms with Gasteiger partial charge in [0.05, 0.1) is 6.61 Å². The maximum Gasteiger partial charge on any atom is 0.152 e. The summed E-state index contributed by atoms with van der Waals surface area (Å²) < 4.78 is 5.44. The van der Waals surface area contributed by atoms with Crippen molar-refractivity contribution in [2.24, 2.45) is 0 Å². The summed E-state index contributed by atoms with van der Waals surface area (Å²) in [6.45, 7) is 4.35. The minimum absolute atomic E-state index is 0.0568. The number of carbonyl (C=O) groups is 1. The third-order valence-electron chi connectivity index (χ3n) is 1.86. The van der Waals surface area contributed by atoms with Crippen LogP contribution in [0.1, 0.15) is 25.8 Å². The second kappa shape index (κ2) is 6.02. The predicted octanol–water partition coefficient (Wildman–Crippen LogP) is 3.08. The highest BCUT2D eigenvalue weighted by Crippen LogP contribution is 2.13. The van der Waals surface area contributed by atoms with Crippen LogP contribution in [0.4, 0.5) is 0 Å². The number of allylic oxidation sites excluding steroid dienone is 1. The van der Waals surface area contributed by atoms with Gasteiger partial charge in [-0.3, -0.25) is 4.79 Å². The highest BCUT2D eigenvalue weighted by atomic mass is 16.5. The molecule has 0 bridgehead atoms. The molecule has 0 N–H and O–H groups in total. The number of ether oxygens (including phenoxy) is 1. The van der Waals surface area contributed by atoms with Crippen LogP contribution in [0, 0.1) is 0 Å². The summed E-state index contributed by atoms with van der Waals surface area (Å²) >= 11 is 0. The van der Waals surface area contributed by atoms with Crippen LogP contribution in [0.5, 0.6) is 5.75 Å². The molecule has 0 aromatic heterocycles. The minimum atomic E-state index is 0.0568. The fourth-order valence-electron chi connectivity index (χ4n) is 1.11. The van der Waals surface area contributed by atoms with Crippen molar-refractivity contribution in [1.82, 2.24) is 0 Å². The van der Waals surface area contributed by atoms with Gasteiger partial charge in [-0.05, 0) is 37.1 Å². The quantitative estimate of drug-likeness (QED) is 0.689. The summed E-state index contributed by atoms with van der Waals surface area (Å²) in [7, 11) is 0. The molecule has 15 heavy (non-hydrogen) atoms. The van der Waals surface area contributed by atoms with Crippen molar-refractivity contribution in [3.63, 3.8) is 0 Å². The molecule has 1 rings (SSSR count). The first-order chi connectivity index (χ1) is 7.22. The Labute approximate surface area is 90.6 Å². The lowest BCUT2D eigenvalue weighted by atomic mass is 10.2. The first-order valence-electron chi connectivity index (χ1n) is 5.14. The topological polar surface area (TPSA) is 26.3 Å². The summed E-state index contributed by atoms with van der Waals surface area (Å²) in [5, 5.41) is 0. The van der Waals surface area contributed by atoms with E-state index in [-0.39, 0.29) is 5.78 Å². The SMILES string of the molecule is CCCOc1ccc(C=CC(C)=O)cc1. The van der Waals surface area contributed by atoms with Gasteiger partial charge in [-0.2, -0.15) is 0 Å². The van der Waals surface area contributed by atoms with Crippen molar-refractivity contribution in [3.05, 3.63) is 35.9 Å². The van der Waals surface area contributed by atoms with Gasteiger partial charge in [-0.1, -0.05) is 25.1 Å². The van der Waals surface area contributed by atoms with Crippen LogP contribution in [0.25, 0.3) is 6.08 Å². The van der Waals surface area contributed by atoms with Crippen LogP contribution < -0.4 is 4.74 Å². The van der Waals surface area contributed by atoms with Crippen LogP contribution in [0.3, 0.4) is 0 Å². The fourth-order valence-corrected chi connectivity index (χ4v) is 1.11. The average molecular weight is 204 g/mol. The maximum absolute atomic E-state index is 10.7. The molecule has 0 amide bonds. The third kappa shape index (κ3) is 4.45. The number of hydrogen-bond donors (Lipinski definition) is 0. The minimum Gasteiger partial charge on any atom is -0.494 e. The van der Waals surface area contributed by atoms with Crippen LogP contribution in [-0.4, -0.2) is 12.4 Å². The fraction of sp³-hybridized carbons (Fsp3) is 0.308. The lowest BCUT2D eigenvalue weighted by Gasteiger charge is -2.03. The van der Waals surface area contributed by atoms with E-state index in [1.54, 1.807) is 12.2 Å². The normalized spacial score (nSPS) is 10.5. The molecule has 1 aromatic carbocycles. The summed E-state index contributed by atoms with van der Waals surface area (Å²) in [6.07, 6.45) is 4.36. The molecule has 0 aliphatic heterocycles. The Morgan fingerprint density at radius 2 is 2.00 bits per heavy atom. The van der Waals surface area contributed by atoms with E-state index in [1.807, 2.05) is 24.3 Å². The highest BCUT2D eigenvalue weighted by molar-refractivity contribution is 5.91. The second-order valence-electron chi connectivity index (χ2n) is 3.36. The summed E-state index contributed by atoms with van der Waals surface area (Å²) in [4.78, 5) is 10.7. The van der Waals surface area contributed by atoms with Gasteiger partial charge in [0, 0.05) is 0 Å². The van der Waals surface area contributed by atoms with E-state index in [0.29, 0.717) is 0 Å². The number of hydrogen-bond acceptors (Lipinski definition) is 2. The van der Waals surface area contributed by atoms with E-state index in [1.165, 1.54) is 6.92 Å². The molecule has 2 nitrogen and oxygen atoms in total. The molecule has 1 aromatic rings. The molecular weight excluding hydrogens is 188 g/mol. The number of ketones is 1. The maximum atomic E-state index is 10.7. The monoisotopic (exact) mass is 204 g/mol. The van der Waals surface area contributed by atoms with Crippen molar-refractivity contribution in [3.8, 4) is 5.75 Å². The Hall–Kier alpha value is -1.57. The largest absolute Gasteiger partial charge is 0.494 e. The molecule has 2 heteroatoms. The van der Waals surface area contributed by atoms with E-state index in [2.05, 4.69) is 6.92 Å². The van der Waals surface area contributed by atoms with Crippen molar-refractivity contribution in [2.45, 2.75) is 20.3 Å². The van der Waals surface area contributed by atoms with Gasteiger partial charge in [0.15, 0.2) is 5.78 Å². The smallest absolute Gasteiger partial charge is 0.152 e. The van der Waals surface area contributed by atoms with Crippen LogP contribution in [-0.2, 0) is 4.79 Å². The lowest BCUT2D eigenvalue weighted by Crippen LogP contribution is -1.94. The van der Waals surface area contributed by atoms with E-state index in [0.717, 1.165) is 24.3 Å². The Morgan fingerprint density at radius 3 is 2.53 bits per heavy atom. The molecule has 0 atom stereocenters. The van der Waals surface area contributed by atoms with E-state index >= 15 is 0 Å². The van der Waals surface area contributed by atoms with E-state index < -0.39 is 0 Å². The van der Waals surface area contributed by atoms with Crippen LogP contribution in [0.2, 0.25) is 0 Å². The summed E-state index contributed by atoms with van der Waals surface area (Å²) in [6, 6.07) is 7.69. The van der Waals surface area contributed by atoms with Crippen molar-refractivity contribution >= 4 is 11.9 Å². The molecule has 0 aliphatic carbocycles. The molecule has 0 radical (unpaired) electrons. The predicted molar refractivity (Wildman–Crippen MR) is 61.9 cm³/mol. The van der Waals surface area contributed by atoms with E-state index in [4.69, 9.17) is 4.74 Å². The van der Waals surface area contributed by atoms with Gasteiger partial charge in [0.1, 0.15) is 5.75 Å². The van der Waals surface area contributed by atoms with Crippen molar-refractivity contribution < 1.29 is 9.53 Å². The number of rotatable bonds is 5. The zero-order chi connectivity index (χ0) is 11.1. The van der Waals surface area contributed by atoms with Crippen LogP contribution >= 0.6 is 0 Å². The molecule has 80 valence electrons. The summed E-state index contributed by atoms with van der Waals surface area (Å²) in [5.41, 5.74) is 1.01. The van der Waals surface area contributed by atoms with Gasteiger partial charge >= 0.3 is 0 Å². The van der Waals surface area contributed by atoms with Crippen molar-refractivity contribution in [1.29, 1.82) is 0 Å². The molecule has 0 unspecified atom stereocenters. The summed E-state index contributed by atoms with van der Waals surface area (Å²) in [5.74, 6) is 0.929. The first-order valence-corrected chi connectivity index (χ1v) is 5.14. The Morgan fingerprint density at radius 1 is 1.33 bits per heavy atom. The Kier molecular flexibility index (Phi) is 4.61. The molecule has 0 saturated carbocycles. The Balaban J connectivity index is 2.60. The number of carbonyl (C=O) groups excluding carboxylic acids is 1. The van der Waals surface area contributed by atoms with Gasteiger partial charge in [0.25, 0.3) is 0 Å². The second-order valence-corrected chi connectivity index (χ2v) is 3.36. The highest BCUT2D eigenvalue weighted by Gasteiger charge is 1.92. The average Bonchev–Trinajstić information content (AvgIpc) is 2.25. The van der Waals surface area contributed by atoms with Crippen LogP contribution in [0.15, 0.2) is 30.3 Å². The molecule has 0 fully saturated rings. The van der Waals surface area contributed by atoms with Gasteiger partial charge < -0.3 is 4.74 Å². The Bertz CT molecular complexity index is 336. The zero-order valence-corrected chi connectivity index (χ0v) is 9.19. The molecule has 0 spiro atoms. The first kappa shape index (κ1) is 11.5. The zero-order valence-electron chi connectivity index (χ0n) is 9.19. The standard InChI is InChI=1S/C13H16O2/c1-3-10-15-13-8-6-12(7-9-13)5-4-11(2)14/h4-9H,3,10H2,1-2H3.